The topological polar surface area (TPSA) is 72.6 Å². The largest absolute Gasteiger partial charge is 0.274 e. The Hall–Kier alpha value is -2.00. The molecule has 0 atom stereocenters. The van der Waals surface area contributed by atoms with Crippen molar-refractivity contribution in [2.45, 2.75) is 13.8 Å². The summed E-state index contributed by atoms with van der Waals surface area (Å²) in [5, 5.41) is 10.6. The highest BCUT2D eigenvalue weighted by Crippen LogP contribution is 2.27. The summed E-state index contributed by atoms with van der Waals surface area (Å²) in [4.78, 5) is 23.5. The summed E-state index contributed by atoms with van der Waals surface area (Å²) in [6.07, 6.45) is 1.36. The Kier molecular flexibility index (Phi) is 2.74. The fourth-order valence-electron chi connectivity index (χ4n) is 1.20. The molecule has 1 aromatic rings. The molecular weight excluding hydrogens is 184 g/mol. The Morgan fingerprint density at radius 2 is 2.00 bits per heavy atom. The molecule has 0 aliphatic heterocycles. The van der Waals surface area contributed by atoms with Crippen LogP contribution in [0.25, 0.3) is 0 Å². The molecule has 5 nitrogen and oxygen atoms in total. The first-order chi connectivity index (χ1) is 6.56. The quantitative estimate of drug-likeness (QED) is 0.312. The average Bonchev–Trinajstić information content (AvgIpc) is 2.09. The van der Waals surface area contributed by atoms with Crippen molar-refractivity contribution in [3.63, 3.8) is 0 Å². The number of nitro groups is 1. The zero-order valence-corrected chi connectivity index (χ0v) is 7.77. The van der Waals surface area contributed by atoms with Crippen LogP contribution in [0, 0.1) is 24.0 Å². The van der Waals surface area contributed by atoms with E-state index in [2.05, 4.69) is 4.99 Å². The maximum absolute atomic E-state index is 10.6. The predicted molar refractivity (Wildman–Crippen MR) is 50.4 cm³/mol. The highest BCUT2D eigenvalue weighted by atomic mass is 16.6. The number of rotatable bonds is 2. The highest BCUT2D eigenvalue weighted by Gasteiger charge is 2.12. The van der Waals surface area contributed by atoms with Gasteiger partial charge in [-0.25, -0.2) is 4.79 Å². The number of benzene rings is 1. The minimum absolute atomic E-state index is 0.0374. The number of isocyanates is 1. The van der Waals surface area contributed by atoms with E-state index in [1.54, 1.807) is 19.9 Å². The van der Waals surface area contributed by atoms with Gasteiger partial charge in [-0.2, -0.15) is 4.99 Å². The number of hydrogen-bond donors (Lipinski definition) is 0. The van der Waals surface area contributed by atoms with Gasteiger partial charge in [-0.1, -0.05) is 0 Å². The lowest BCUT2D eigenvalue weighted by molar-refractivity contribution is -0.385. The lowest BCUT2D eigenvalue weighted by Crippen LogP contribution is -1.92. The number of aliphatic imine (C=N–C) groups is 1. The van der Waals surface area contributed by atoms with E-state index in [0.717, 1.165) is 5.56 Å². The third-order valence-corrected chi connectivity index (χ3v) is 1.88. The molecule has 0 spiro atoms. The van der Waals surface area contributed by atoms with Gasteiger partial charge < -0.3 is 0 Å². The third-order valence-electron chi connectivity index (χ3n) is 1.88. The Bertz CT molecular complexity index is 411. The summed E-state index contributed by atoms with van der Waals surface area (Å²) in [5.74, 6) is 0. The molecule has 0 aliphatic carbocycles. The molecule has 0 heterocycles. The minimum atomic E-state index is -0.501. The van der Waals surface area contributed by atoms with E-state index in [0.29, 0.717) is 5.56 Å². The molecule has 0 fully saturated rings. The van der Waals surface area contributed by atoms with Gasteiger partial charge in [0.1, 0.15) is 0 Å². The molecule has 0 radical (unpaired) electrons. The SMILES string of the molecule is Cc1cc(C)c([N+](=O)[O-])cc1N=C=O. The molecule has 0 N–H and O–H groups in total. The molecule has 0 unspecified atom stereocenters. The zero-order chi connectivity index (χ0) is 10.7. The van der Waals surface area contributed by atoms with E-state index in [-0.39, 0.29) is 11.4 Å². The van der Waals surface area contributed by atoms with Crippen molar-refractivity contribution in [3.05, 3.63) is 33.4 Å². The molecule has 72 valence electrons. The van der Waals surface area contributed by atoms with Gasteiger partial charge in [0, 0.05) is 11.6 Å². The Balaban J connectivity index is 3.41. The average molecular weight is 192 g/mol. The Labute approximate surface area is 80.2 Å². The van der Waals surface area contributed by atoms with Gasteiger partial charge in [-0.05, 0) is 25.5 Å². The molecule has 0 amide bonds. The van der Waals surface area contributed by atoms with Crippen LogP contribution >= 0.6 is 0 Å². The van der Waals surface area contributed by atoms with Crippen molar-refractivity contribution in [3.8, 4) is 0 Å². The first kappa shape index (κ1) is 10.1. The monoisotopic (exact) mass is 192 g/mol. The lowest BCUT2D eigenvalue weighted by atomic mass is 10.1. The van der Waals surface area contributed by atoms with Crippen LogP contribution in [-0.2, 0) is 4.79 Å². The summed E-state index contributed by atoms with van der Waals surface area (Å²) in [7, 11) is 0. The van der Waals surface area contributed by atoms with Crippen LogP contribution in [0.2, 0.25) is 0 Å². The summed E-state index contributed by atoms with van der Waals surface area (Å²) in [6.45, 7) is 3.37. The van der Waals surface area contributed by atoms with Crippen LogP contribution in [0.3, 0.4) is 0 Å². The van der Waals surface area contributed by atoms with Crippen molar-refractivity contribution >= 4 is 17.5 Å². The molecule has 0 saturated heterocycles. The van der Waals surface area contributed by atoms with Crippen LogP contribution < -0.4 is 0 Å². The van der Waals surface area contributed by atoms with Crippen LogP contribution in [0.4, 0.5) is 11.4 Å². The number of nitro benzene ring substituents is 1. The molecular formula is C9H8N2O3. The van der Waals surface area contributed by atoms with Gasteiger partial charge in [0.25, 0.3) is 5.69 Å². The van der Waals surface area contributed by atoms with Crippen molar-refractivity contribution in [2.75, 3.05) is 0 Å². The summed E-state index contributed by atoms with van der Waals surface area (Å²) in [5.41, 5.74) is 1.52. The van der Waals surface area contributed by atoms with Gasteiger partial charge in [0.2, 0.25) is 6.08 Å². The summed E-state index contributed by atoms with van der Waals surface area (Å²) < 4.78 is 0. The van der Waals surface area contributed by atoms with Crippen molar-refractivity contribution in [1.29, 1.82) is 0 Å². The number of carbonyl (C=O) groups excluding carboxylic acids is 1. The molecule has 5 heteroatoms. The first-order valence-corrected chi connectivity index (χ1v) is 3.89. The molecule has 14 heavy (non-hydrogen) atoms. The van der Waals surface area contributed by atoms with Crippen LogP contribution in [-0.4, -0.2) is 11.0 Å². The molecule has 0 bridgehead atoms. The second kappa shape index (κ2) is 3.81. The van der Waals surface area contributed by atoms with Crippen molar-refractivity contribution in [1.82, 2.24) is 0 Å². The molecule has 0 aromatic heterocycles. The summed E-state index contributed by atoms with van der Waals surface area (Å²) in [6, 6.07) is 2.89. The normalized spacial score (nSPS) is 9.29. The standard InChI is InChI=1S/C9H8N2O3/c1-6-3-7(2)9(11(13)14)4-8(6)10-5-12/h3-4H,1-2H3. The predicted octanol–water partition coefficient (Wildman–Crippen LogP) is 2.18. The highest BCUT2D eigenvalue weighted by molar-refractivity contribution is 5.60. The minimum Gasteiger partial charge on any atom is -0.258 e. The summed E-state index contributed by atoms with van der Waals surface area (Å²) >= 11 is 0. The Morgan fingerprint density at radius 1 is 1.36 bits per heavy atom. The lowest BCUT2D eigenvalue weighted by Gasteiger charge is -2.01. The van der Waals surface area contributed by atoms with Gasteiger partial charge in [-0.15, -0.1) is 0 Å². The number of nitrogens with zero attached hydrogens (tertiary/aromatic N) is 2. The molecule has 1 aromatic carbocycles. The van der Waals surface area contributed by atoms with Gasteiger partial charge in [-0.3, -0.25) is 10.1 Å². The second-order valence-corrected chi connectivity index (χ2v) is 2.89. The fraction of sp³-hybridized carbons (Fsp3) is 0.222. The van der Waals surface area contributed by atoms with Crippen molar-refractivity contribution in [2.24, 2.45) is 4.99 Å². The first-order valence-electron chi connectivity index (χ1n) is 3.89. The van der Waals surface area contributed by atoms with E-state index in [1.165, 1.54) is 12.1 Å². The van der Waals surface area contributed by atoms with Gasteiger partial charge in [0.05, 0.1) is 10.6 Å². The van der Waals surface area contributed by atoms with Gasteiger partial charge >= 0.3 is 0 Å². The van der Waals surface area contributed by atoms with Crippen LogP contribution in [0.5, 0.6) is 0 Å². The second-order valence-electron chi connectivity index (χ2n) is 2.89. The fourth-order valence-corrected chi connectivity index (χ4v) is 1.20. The maximum Gasteiger partial charge on any atom is 0.274 e. The zero-order valence-electron chi connectivity index (χ0n) is 7.77. The van der Waals surface area contributed by atoms with Crippen molar-refractivity contribution < 1.29 is 9.72 Å². The van der Waals surface area contributed by atoms with Crippen LogP contribution in [0.1, 0.15) is 11.1 Å². The number of hydrogen-bond acceptors (Lipinski definition) is 4. The Morgan fingerprint density at radius 3 is 2.50 bits per heavy atom. The van der Waals surface area contributed by atoms with E-state index in [4.69, 9.17) is 0 Å². The smallest absolute Gasteiger partial charge is 0.258 e. The van der Waals surface area contributed by atoms with Crippen LogP contribution in [0.15, 0.2) is 17.1 Å². The van der Waals surface area contributed by atoms with E-state index in [1.807, 2.05) is 0 Å². The maximum atomic E-state index is 10.6. The molecule has 0 aliphatic rings. The third kappa shape index (κ3) is 1.84. The van der Waals surface area contributed by atoms with E-state index < -0.39 is 4.92 Å². The molecule has 0 saturated carbocycles. The van der Waals surface area contributed by atoms with Gasteiger partial charge in [0.15, 0.2) is 0 Å². The molecule has 1 rings (SSSR count). The van der Waals surface area contributed by atoms with E-state index >= 15 is 0 Å². The van der Waals surface area contributed by atoms with E-state index in [9.17, 15) is 14.9 Å². The number of aryl methyl sites for hydroxylation is 2.